The predicted molar refractivity (Wildman–Crippen MR) is 123 cm³/mol. The molecule has 0 saturated carbocycles. The summed E-state index contributed by atoms with van der Waals surface area (Å²) in [5.41, 5.74) is 1.58. The highest BCUT2D eigenvalue weighted by Crippen LogP contribution is 2.17. The van der Waals surface area contributed by atoms with Crippen LogP contribution in [0, 0.1) is 0 Å². The molecule has 1 aliphatic rings. The summed E-state index contributed by atoms with van der Waals surface area (Å²) >= 11 is 0. The van der Waals surface area contributed by atoms with E-state index in [2.05, 4.69) is 10.3 Å². The molecule has 10 nitrogen and oxygen atoms in total. The Morgan fingerprint density at radius 2 is 1.68 bits per heavy atom. The minimum atomic E-state index is -1.07. The molecule has 0 unspecified atom stereocenters. The van der Waals surface area contributed by atoms with Crippen molar-refractivity contribution in [2.24, 2.45) is 0 Å². The van der Waals surface area contributed by atoms with Gasteiger partial charge in [0.05, 0.1) is 12.3 Å². The van der Waals surface area contributed by atoms with Crippen LogP contribution in [0.4, 0.5) is 4.79 Å². The predicted octanol–water partition coefficient (Wildman–Crippen LogP) is 2.01. The van der Waals surface area contributed by atoms with E-state index in [-0.39, 0.29) is 38.2 Å². The maximum Gasteiger partial charge on any atom is 0.409 e. The Labute approximate surface area is 197 Å². The van der Waals surface area contributed by atoms with Gasteiger partial charge in [0.1, 0.15) is 11.7 Å². The Hall–Kier alpha value is -3.95. The molecule has 10 heteroatoms. The van der Waals surface area contributed by atoms with Crippen molar-refractivity contribution in [1.29, 1.82) is 0 Å². The molecule has 1 aromatic carbocycles. The van der Waals surface area contributed by atoms with Crippen LogP contribution in [0.1, 0.15) is 30.3 Å². The third kappa shape index (κ3) is 6.53. The molecule has 1 aliphatic heterocycles. The molecule has 2 aromatic rings. The molecule has 2 N–H and O–H groups in total. The van der Waals surface area contributed by atoms with Gasteiger partial charge in [0, 0.05) is 38.2 Å². The first kappa shape index (κ1) is 24.7. The largest absolute Gasteiger partial charge is 0.481 e. The number of nitrogens with zero attached hydrogens (tertiary/aromatic N) is 3. The van der Waals surface area contributed by atoms with Crippen molar-refractivity contribution in [2.45, 2.75) is 25.8 Å². The first-order valence-corrected chi connectivity index (χ1v) is 11.1. The average Bonchev–Trinajstić information content (AvgIpc) is 2.86. The lowest BCUT2D eigenvalue weighted by Crippen LogP contribution is -2.56. The van der Waals surface area contributed by atoms with Gasteiger partial charge in [-0.25, -0.2) is 9.78 Å². The summed E-state index contributed by atoms with van der Waals surface area (Å²) in [6, 6.07) is 13.4. The van der Waals surface area contributed by atoms with Gasteiger partial charge in [-0.1, -0.05) is 36.4 Å². The first-order valence-electron chi connectivity index (χ1n) is 11.1. The topological polar surface area (TPSA) is 129 Å². The van der Waals surface area contributed by atoms with Crippen molar-refractivity contribution in [3.63, 3.8) is 0 Å². The van der Waals surface area contributed by atoms with Crippen LogP contribution < -0.4 is 5.32 Å². The number of carbonyl (C=O) groups excluding carboxylic acids is 3. The van der Waals surface area contributed by atoms with E-state index < -0.39 is 29.9 Å². The fraction of sp³-hybridized carbons (Fsp3) is 0.375. The van der Waals surface area contributed by atoms with E-state index in [1.165, 1.54) is 9.80 Å². The number of aliphatic carboxylic acids is 1. The summed E-state index contributed by atoms with van der Waals surface area (Å²) in [6.45, 7) is 3.10. The molecular formula is C24H28N4O6. The molecule has 0 radical (unpaired) electrons. The molecule has 0 bridgehead atoms. The van der Waals surface area contributed by atoms with Crippen LogP contribution in [0.25, 0.3) is 11.3 Å². The van der Waals surface area contributed by atoms with E-state index in [9.17, 15) is 19.2 Å². The number of rotatable bonds is 8. The molecule has 0 spiro atoms. The molecule has 1 saturated heterocycles. The molecular weight excluding hydrogens is 440 g/mol. The maximum atomic E-state index is 13.1. The van der Waals surface area contributed by atoms with Gasteiger partial charge in [-0.15, -0.1) is 0 Å². The monoisotopic (exact) mass is 468 g/mol. The van der Waals surface area contributed by atoms with Gasteiger partial charge in [-0.2, -0.15) is 0 Å². The van der Waals surface area contributed by atoms with Crippen LogP contribution in [0.5, 0.6) is 0 Å². The number of pyridine rings is 1. The zero-order chi connectivity index (χ0) is 24.5. The van der Waals surface area contributed by atoms with Crippen LogP contribution in [0.2, 0.25) is 0 Å². The number of benzene rings is 1. The number of carboxylic acid groups (broad SMARTS) is 1. The Morgan fingerprint density at radius 1 is 1.00 bits per heavy atom. The first-order chi connectivity index (χ1) is 16.4. The number of carbonyl (C=O) groups is 4. The van der Waals surface area contributed by atoms with Gasteiger partial charge >= 0.3 is 12.1 Å². The van der Waals surface area contributed by atoms with Gasteiger partial charge in [0.2, 0.25) is 5.91 Å². The summed E-state index contributed by atoms with van der Waals surface area (Å²) in [5.74, 6) is -2.02. The third-order valence-corrected chi connectivity index (χ3v) is 5.42. The summed E-state index contributed by atoms with van der Waals surface area (Å²) < 4.78 is 4.99. The molecule has 1 aromatic heterocycles. The standard InChI is InChI=1S/C24H28N4O6/c1-2-34-24(33)28-15-13-27(14-16-28)23(32)20(11-12-21(29)30)26-22(31)19-10-6-9-18(25-19)17-7-4-3-5-8-17/h3-10,20H,2,11-16H2,1H3,(H,26,31)(H,29,30)/t20-/m0/s1. The number of amides is 3. The molecule has 3 amide bonds. The lowest BCUT2D eigenvalue weighted by atomic mass is 10.1. The highest BCUT2D eigenvalue weighted by atomic mass is 16.6. The van der Waals surface area contributed by atoms with Gasteiger partial charge in [0.15, 0.2) is 0 Å². The van der Waals surface area contributed by atoms with Crippen molar-refractivity contribution in [2.75, 3.05) is 32.8 Å². The van der Waals surface area contributed by atoms with Crippen molar-refractivity contribution in [1.82, 2.24) is 20.1 Å². The number of ether oxygens (including phenoxy) is 1. The molecule has 1 fully saturated rings. The van der Waals surface area contributed by atoms with E-state index in [4.69, 9.17) is 9.84 Å². The maximum absolute atomic E-state index is 13.1. The summed E-state index contributed by atoms with van der Waals surface area (Å²) in [6.07, 6.45) is -0.775. The lowest BCUT2D eigenvalue weighted by molar-refractivity contribution is -0.138. The zero-order valence-electron chi connectivity index (χ0n) is 19.0. The second-order valence-electron chi connectivity index (χ2n) is 7.74. The lowest BCUT2D eigenvalue weighted by Gasteiger charge is -2.35. The Morgan fingerprint density at radius 3 is 2.32 bits per heavy atom. The van der Waals surface area contributed by atoms with Crippen LogP contribution in [-0.2, 0) is 14.3 Å². The minimum Gasteiger partial charge on any atom is -0.481 e. The fourth-order valence-corrected chi connectivity index (χ4v) is 3.63. The van der Waals surface area contributed by atoms with Gasteiger partial charge in [-0.05, 0) is 25.5 Å². The number of carboxylic acids is 1. The van der Waals surface area contributed by atoms with E-state index in [1.807, 2.05) is 30.3 Å². The normalized spacial score (nSPS) is 14.3. The summed E-state index contributed by atoms with van der Waals surface area (Å²) in [7, 11) is 0. The molecule has 180 valence electrons. The average molecular weight is 469 g/mol. The second kappa shape index (κ2) is 11.8. The number of aromatic nitrogens is 1. The number of hydrogen-bond donors (Lipinski definition) is 2. The number of piperazine rings is 1. The van der Waals surface area contributed by atoms with E-state index in [0.29, 0.717) is 18.8 Å². The van der Waals surface area contributed by atoms with Crippen LogP contribution in [-0.4, -0.2) is 82.6 Å². The van der Waals surface area contributed by atoms with Gasteiger partial charge in [-0.3, -0.25) is 14.4 Å². The van der Waals surface area contributed by atoms with Crippen LogP contribution >= 0.6 is 0 Å². The summed E-state index contributed by atoms with van der Waals surface area (Å²) in [4.78, 5) is 56.5. The smallest absolute Gasteiger partial charge is 0.409 e. The highest BCUT2D eigenvalue weighted by molar-refractivity contribution is 5.96. The molecule has 34 heavy (non-hydrogen) atoms. The second-order valence-corrected chi connectivity index (χ2v) is 7.74. The quantitative estimate of drug-likeness (QED) is 0.606. The van der Waals surface area contributed by atoms with Crippen molar-refractivity contribution >= 4 is 23.9 Å². The fourth-order valence-electron chi connectivity index (χ4n) is 3.63. The van der Waals surface area contributed by atoms with Crippen molar-refractivity contribution < 1.29 is 29.0 Å². The van der Waals surface area contributed by atoms with E-state index in [0.717, 1.165) is 5.56 Å². The Bertz CT molecular complexity index is 1020. The van der Waals surface area contributed by atoms with Crippen molar-refractivity contribution in [3.05, 3.63) is 54.2 Å². The highest BCUT2D eigenvalue weighted by Gasteiger charge is 2.31. The minimum absolute atomic E-state index is 0.0592. The molecule has 3 rings (SSSR count). The number of hydrogen-bond acceptors (Lipinski definition) is 6. The SMILES string of the molecule is CCOC(=O)N1CCN(C(=O)[C@H](CCC(=O)O)NC(=O)c2cccc(-c3ccccc3)n2)CC1. The Balaban J connectivity index is 1.69. The van der Waals surface area contributed by atoms with Crippen molar-refractivity contribution in [3.8, 4) is 11.3 Å². The van der Waals surface area contributed by atoms with Gasteiger partial charge in [0.25, 0.3) is 5.91 Å². The van der Waals surface area contributed by atoms with E-state index in [1.54, 1.807) is 25.1 Å². The van der Waals surface area contributed by atoms with Crippen LogP contribution in [0.3, 0.4) is 0 Å². The van der Waals surface area contributed by atoms with E-state index >= 15 is 0 Å². The van der Waals surface area contributed by atoms with Crippen LogP contribution in [0.15, 0.2) is 48.5 Å². The van der Waals surface area contributed by atoms with Gasteiger partial charge < -0.3 is 25.0 Å². The Kier molecular flexibility index (Phi) is 8.55. The molecule has 2 heterocycles. The molecule has 1 atom stereocenters. The zero-order valence-corrected chi connectivity index (χ0v) is 19.0. The summed E-state index contributed by atoms with van der Waals surface area (Å²) in [5, 5.41) is 11.8. The number of nitrogens with one attached hydrogen (secondary N) is 1. The third-order valence-electron chi connectivity index (χ3n) is 5.42. The molecule has 0 aliphatic carbocycles.